The van der Waals surface area contributed by atoms with E-state index in [4.69, 9.17) is 5.26 Å². The first kappa shape index (κ1) is 10.2. The number of aryl methyl sites for hydroxylation is 1. The Morgan fingerprint density at radius 1 is 1.33 bits per heavy atom. The predicted octanol–water partition coefficient (Wildman–Crippen LogP) is 4.18. The van der Waals surface area contributed by atoms with Gasteiger partial charge in [-0.2, -0.15) is 5.26 Å². The average Bonchev–Trinajstić information content (AvgIpc) is 2.86. The Kier molecular flexibility index (Phi) is 3.00. The topological polar surface area (TPSA) is 23.8 Å². The van der Waals surface area contributed by atoms with Gasteiger partial charge in [0.15, 0.2) is 0 Å². The van der Waals surface area contributed by atoms with Gasteiger partial charge in [-0.3, -0.25) is 0 Å². The molecule has 2 heterocycles. The minimum atomic E-state index is 0.746. The summed E-state index contributed by atoms with van der Waals surface area (Å²) in [5.74, 6) is 0. The molecule has 0 aliphatic rings. The molecule has 0 unspecified atom stereocenters. The van der Waals surface area contributed by atoms with E-state index in [1.54, 1.807) is 22.7 Å². The van der Waals surface area contributed by atoms with E-state index in [9.17, 15) is 0 Å². The number of thiophene rings is 2. The summed E-state index contributed by atoms with van der Waals surface area (Å²) >= 11 is 3.26. The lowest BCUT2D eigenvalue weighted by Crippen LogP contribution is -1.75. The summed E-state index contributed by atoms with van der Waals surface area (Å²) < 4.78 is 0. The van der Waals surface area contributed by atoms with Crippen molar-refractivity contribution >= 4 is 34.3 Å². The molecule has 0 bridgehead atoms. The van der Waals surface area contributed by atoms with Gasteiger partial charge in [0.05, 0.1) is 5.57 Å². The second-order valence-corrected chi connectivity index (χ2v) is 5.01. The molecule has 0 amide bonds. The van der Waals surface area contributed by atoms with Crippen LogP contribution in [-0.4, -0.2) is 0 Å². The molecule has 0 aromatic carbocycles. The summed E-state index contributed by atoms with van der Waals surface area (Å²) in [7, 11) is 0. The number of allylic oxidation sites excluding steroid dienone is 1. The third-order valence-electron chi connectivity index (χ3n) is 2.08. The Labute approximate surface area is 96.9 Å². The lowest BCUT2D eigenvalue weighted by molar-refractivity contribution is 1.53. The van der Waals surface area contributed by atoms with Crippen molar-refractivity contribution in [2.45, 2.75) is 6.92 Å². The normalized spacial score (nSPS) is 11.3. The Morgan fingerprint density at radius 3 is 2.73 bits per heavy atom. The van der Waals surface area contributed by atoms with E-state index in [0.717, 1.165) is 10.5 Å². The van der Waals surface area contributed by atoms with Gasteiger partial charge in [-0.25, -0.2) is 0 Å². The Hall–Kier alpha value is -1.37. The van der Waals surface area contributed by atoms with Gasteiger partial charge in [-0.05, 0) is 41.5 Å². The van der Waals surface area contributed by atoms with Crippen LogP contribution in [0.15, 0.2) is 29.0 Å². The molecule has 1 nitrogen and oxygen atoms in total. The molecule has 0 saturated carbocycles. The van der Waals surface area contributed by atoms with Crippen molar-refractivity contribution in [3.8, 4) is 6.07 Å². The molecule has 0 radical (unpaired) electrons. The Balaban J connectivity index is 2.41. The quantitative estimate of drug-likeness (QED) is 0.711. The maximum Gasteiger partial charge on any atom is 0.101 e. The smallest absolute Gasteiger partial charge is 0.101 e. The molecule has 15 heavy (non-hydrogen) atoms. The highest BCUT2D eigenvalue weighted by molar-refractivity contribution is 7.12. The highest BCUT2D eigenvalue weighted by Gasteiger charge is 2.03. The summed E-state index contributed by atoms with van der Waals surface area (Å²) in [6.07, 6.45) is 1.96. The van der Waals surface area contributed by atoms with Crippen molar-refractivity contribution in [3.63, 3.8) is 0 Å². The largest absolute Gasteiger partial charge is 0.192 e. The number of nitriles is 1. The van der Waals surface area contributed by atoms with E-state index < -0.39 is 0 Å². The third kappa shape index (κ3) is 2.17. The van der Waals surface area contributed by atoms with E-state index in [-0.39, 0.29) is 0 Å². The Morgan fingerprint density at radius 2 is 2.20 bits per heavy atom. The zero-order chi connectivity index (χ0) is 10.7. The number of rotatable bonds is 2. The summed E-state index contributed by atoms with van der Waals surface area (Å²) in [5, 5.41) is 13.1. The second kappa shape index (κ2) is 4.43. The van der Waals surface area contributed by atoms with Crippen molar-refractivity contribution in [1.82, 2.24) is 0 Å². The molecule has 2 aromatic heterocycles. The van der Waals surface area contributed by atoms with Gasteiger partial charge >= 0.3 is 0 Å². The number of nitrogens with zero attached hydrogens (tertiary/aromatic N) is 1. The number of hydrogen-bond acceptors (Lipinski definition) is 3. The standard InChI is InChI=1S/C12H9NS2/c1-9-4-6-15-12(9)7-10(8-13)11-3-2-5-14-11/h2-7H,1H3/b10-7+. The van der Waals surface area contributed by atoms with Crippen molar-refractivity contribution in [3.05, 3.63) is 44.3 Å². The van der Waals surface area contributed by atoms with Gasteiger partial charge in [0, 0.05) is 9.75 Å². The molecular weight excluding hydrogens is 222 g/mol. The van der Waals surface area contributed by atoms with E-state index >= 15 is 0 Å². The average molecular weight is 231 g/mol. The van der Waals surface area contributed by atoms with Gasteiger partial charge in [0.25, 0.3) is 0 Å². The van der Waals surface area contributed by atoms with E-state index in [2.05, 4.69) is 19.1 Å². The van der Waals surface area contributed by atoms with Gasteiger partial charge < -0.3 is 0 Å². The second-order valence-electron chi connectivity index (χ2n) is 3.11. The molecule has 0 atom stereocenters. The SMILES string of the molecule is Cc1ccsc1/C=C(\C#N)c1cccs1. The summed E-state index contributed by atoms with van der Waals surface area (Å²) in [4.78, 5) is 2.20. The van der Waals surface area contributed by atoms with Crippen LogP contribution in [0.2, 0.25) is 0 Å². The lowest BCUT2D eigenvalue weighted by Gasteiger charge is -1.94. The van der Waals surface area contributed by atoms with Crippen molar-refractivity contribution in [2.24, 2.45) is 0 Å². The minimum Gasteiger partial charge on any atom is -0.192 e. The zero-order valence-electron chi connectivity index (χ0n) is 8.23. The van der Waals surface area contributed by atoms with E-state index in [0.29, 0.717) is 0 Å². The van der Waals surface area contributed by atoms with Crippen LogP contribution >= 0.6 is 22.7 Å². The number of hydrogen-bond donors (Lipinski definition) is 0. The zero-order valence-corrected chi connectivity index (χ0v) is 9.86. The molecule has 2 rings (SSSR count). The van der Waals surface area contributed by atoms with E-state index in [1.807, 2.05) is 29.0 Å². The first-order valence-corrected chi connectivity index (χ1v) is 6.27. The van der Waals surface area contributed by atoms with Crippen LogP contribution in [0.1, 0.15) is 15.3 Å². The molecule has 0 spiro atoms. The van der Waals surface area contributed by atoms with Crippen LogP contribution in [0.4, 0.5) is 0 Å². The van der Waals surface area contributed by atoms with Crippen LogP contribution in [0, 0.1) is 18.3 Å². The Bertz CT molecular complexity index is 512. The monoisotopic (exact) mass is 231 g/mol. The molecule has 0 aliphatic carbocycles. The highest BCUT2D eigenvalue weighted by Crippen LogP contribution is 2.25. The van der Waals surface area contributed by atoms with Crippen LogP contribution in [0.3, 0.4) is 0 Å². The predicted molar refractivity (Wildman–Crippen MR) is 66.9 cm³/mol. The molecular formula is C12H9NS2. The highest BCUT2D eigenvalue weighted by atomic mass is 32.1. The van der Waals surface area contributed by atoms with Crippen molar-refractivity contribution in [2.75, 3.05) is 0 Å². The fourth-order valence-electron chi connectivity index (χ4n) is 1.25. The fraction of sp³-hybridized carbons (Fsp3) is 0.0833. The lowest BCUT2D eigenvalue weighted by atomic mass is 10.2. The van der Waals surface area contributed by atoms with Crippen LogP contribution in [0.5, 0.6) is 0 Å². The van der Waals surface area contributed by atoms with Crippen LogP contribution < -0.4 is 0 Å². The maximum absolute atomic E-state index is 9.08. The van der Waals surface area contributed by atoms with Crippen molar-refractivity contribution in [1.29, 1.82) is 5.26 Å². The van der Waals surface area contributed by atoms with Gasteiger partial charge in [-0.1, -0.05) is 6.07 Å². The van der Waals surface area contributed by atoms with Crippen LogP contribution in [-0.2, 0) is 0 Å². The minimum absolute atomic E-state index is 0.746. The van der Waals surface area contributed by atoms with Gasteiger partial charge in [0.1, 0.15) is 6.07 Å². The first-order chi connectivity index (χ1) is 7.31. The summed E-state index contributed by atoms with van der Waals surface area (Å²) in [6, 6.07) is 8.26. The molecule has 74 valence electrons. The van der Waals surface area contributed by atoms with E-state index in [1.165, 1.54) is 10.4 Å². The maximum atomic E-state index is 9.08. The summed E-state index contributed by atoms with van der Waals surface area (Å²) in [5.41, 5.74) is 1.97. The molecule has 2 aromatic rings. The summed E-state index contributed by atoms with van der Waals surface area (Å²) in [6.45, 7) is 2.06. The molecule has 0 saturated heterocycles. The van der Waals surface area contributed by atoms with Gasteiger partial charge in [0.2, 0.25) is 0 Å². The molecule has 0 fully saturated rings. The van der Waals surface area contributed by atoms with Crippen molar-refractivity contribution < 1.29 is 0 Å². The molecule has 0 N–H and O–H groups in total. The third-order valence-corrected chi connectivity index (χ3v) is 3.95. The first-order valence-electron chi connectivity index (χ1n) is 4.51. The van der Waals surface area contributed by atoms with Gasteiger partial charge in [-0.15, -0.1) is 22.7 Å². The molecule has 0 aliphatic heterocycles. The van der Waals surface area contributed by atoms with Crippen LogP contribution in [0.25, 0.3) is 11.6 Å². The fourth-order valence-corrected chi connectivity index (χ4v) is 2.80. The molecule has 3 heteroatoms.